The van der Waals surface area contributed by atoms with E-state index >= 15 is 0 Å². The van der Waals surface area contributed by atoms with Crippen molar-refractivity contribution in [3.8, 4) is 5.75 Å². The fourth-order valence-corrected chi connectivity index (χ4v) is 6.48. The lowest BCUT2D eigenvalue weighted by atomic mass is 9.83. The van der Waals surface area contributed by atoms with Gasteiger partial charge in [-0.15, -0.1) is 0 Å². The number of benzene rings is 3. The Labute approximate surface area is 228 Å². The molecular weight excluding hydrogens is 531 g/mol. The van der Waals surface area contributed by atoms with Crippen molar-refractivity contribution in [1.29, 1.82) is 0 Å². The molecule has 1 amide bonds. The lowest BCUT2D eigenvalue weighted by Crippen LogP contribution is -2.47. The normalized spacial score (nSPS) is 16.4. The van der Waals surface area contributed by atoms with Crippen LogP contribution in [-0.4, -0.2) is 26.5 Å². The molecular formula is C28H30Cl2N2O4S. The van der Waals surface area contributed by atoms with E-state index < -0.39 is 28.1 Å². The minimum atomic E-state index is -4.13. The summed E-state index contributed by atoms with van der Waals surface area (Å²) in [6.07, 6.45) is 2.12. The van der Waals surface area contributed by atoms with Crippen molar-refractivity contribution in [3.63, 3.8) is 0 Å². The minimum Gasteiger partial charge on any atom is -0.487 e. The molecule has 196 valence electrons. The van der Waals surface area contributed by atoms with Gasteiger partial charge < -0.3 is 10.1 Å². The summed E-state index contributed by atoms with van der Waals surface area (Å²) < 4.78 is 34.9. The van der Waals surface area contributed by atoms with Crippen molar-refractivity contribution in [2.24, 2.45) is 0 Å². The Morgan fingerprint density at radius 1 is 1.05 bits per heavy atom. The number of anilines is 1. The Kier molecular flexibility index (Phi) is 8.07. The average Bonchev–Trinajstić information content (AvgIpc) is 2.89. The van der Waals surface area contributed by atoms with Crippen LogP contribution in [0.3, 0.4) is 0 Å². The summed E-state index contributed by atoms with van der Waals surface area (Å²) in [6.45, 7) is 5.52. The van der Waals surface area contributed by atoms with Gasteiger partial charge in [-0.3, -0.25) is 9.10 Å². The minimum absolute atomic E-state index is 0.0503. The Hall–Kier alpha value is -2.74. The first-order chi connectivity index (χ1) is 17.6. The summed E-state index contributed by atoms with van der Waals surface area (Å²) in [4.78, 5) is 13.5. The van der Waals surface area contributed by atoms with Crippen molar-refractivity contribution < 1.29 is 17.9 Å². The monoisotopic (exact) mass is 560 g/mol. The molecule has 0 spiro atoms. The molecule has 1 N–H and O–H groups in total. The van der Waals surface area contributed by atoms with Crippen LogP contribution in [0.25, 0.3) is 0 Å². The van der Waals surface area contributed by atoms with E-state index in [0.717, 1.165) is 34.0 Å². The highest BCUT2D eigenvalue weighted by atomic mass is 35.5. The van der Waals surface area contributed by atoms with E-state index in [0.29, 0.717) is 11.4 Å². The highest BCUT2D eigenvalue weighted by Gasteiger charge is 2.39. The lowest BCUT2D eigenvalue weighted by molar-refractivity contribution is -0.121. The molecule has 1 aliphatic heterocycles. The molecule has 0 aliphatic carbocycles. The van der Waals surface area contributed by atoms with E-state index in [9.17, 15) is 13.2 Å². The summed E-state index contributed by atoms with van der Waals surface area (Å²) in [5.41, 5.74) is 1.49. The van der Waals surface area contributed by atoms with Crippen molar-refractivity contribution >= 4 is 44.8 Å². The summed E-state index contributed by atoms with van der Waals surface area (Å²) in [5.74, 6) is 0.263. The number of rotatable bonds is 8. The number of ether oxygens (including phenoxy) is 1. The Balaban J connectivity index is 1.69. The first-order valence-corrected chi connectivity index (χ1v) is 14.4. The maximum absolute atomic E-state index is 13.8. The van der Waals surface area contributed by atoms with E-state index in [4.69, 9.17) is 27.9 Å². The first-order valence-electron chi connectivity index (χ1n) is 12.2. The van der Waals surface area contributed by atoms with E-state index in [2.05, 4.69) is 19.2 Å². The van der Waals surface area contributed by atoms with Crippen molar-refractivity contribution in [2.75, 3.05) is 10.8 Å². The summed E-state index contributed by atoms with van der Waals surface area (Å²) in [6, 6.07) is 18.2. The van der Waals surface area contributed by atoms with E-state index in [1.807, 2.05) is 31.2 Å². The SMILES string of the molecule is CCC1(CC)CC(NC(=O)CN(c2cc(Cl)ccc2Cl)S(=O)(=O)c2ccc(C)cc2)c2ccccc2O1. The predicted octanol–water partition coefficient (Wildman–Crippen LogP) is 6.70. The van der Waals surface area contributed by atoms with Crippen LogP contribution in [0.5, 0.6) is 5.75 Å². The fourth-order valence-electron chi connectivity index (χ4n) is 4.61. The van der Waals surface area contributed by atoms with Crippen molar-refractivity contribution in [2.45, 2.75) is 56.6 Å². The van der Waals surface area contributed by atoms with Crippen LogP contribution < -0.4 is 14.4 Å². The average molecular weight is 562 g/mol. The quantitative estimate of drug-likeness (QED) is 0.332. The van der Waals surface area contributed by atoms with Gasteiger partial charge in [0.2, 0.25) is 5.91 Å². The zero-order chi connectivity index (χ0) is 26.8. The van der Waals surface area contributed by atoms with Crippen molar-refractivity contribution in [3.05, 3.63) is 87.9 Å². The maximum atomic E-state index is 13.8. The molecule has 1 heterocycles. The van der Waals surface area contributed by atoms with Gasteiger partial charge in [0.15, 0.2) is 0 Å². The number of para-hydroxylation sites is 1. The van der Waals surface area contributed by atoms with Gasteiger partial charge in [-0.05, 0) is 56.2 Å². The fraction of sp³-hybridized carbons (Fsp3) is 0.321. The zero-order valence-electron chi connectivity index (χ0n) is 21.0. The number of carbonyl (C=O) groups is 1. The predicted molar refractivity (Wildman–Crippen MR) is 148 cm³/mol. The second kappa shape index (κ2) is 10.9. The van der Waals surface area contributed by atoms with Gasteiger partial charge in [0.25, 0.3) is 10.0 Å². The molecule has 6 nitrogen and oxygen atoms in total. The van der Waals surface area contributed by atoms with Crippen molar-refractivity contribution in [1.82, 2.24) is 5.32 Å². The smallest absolute Gasteiger partial charge is 0.264 e. The highest BCUT2D eigenvalue weighted by Crippen LogP contribution is 2.42. The van der Waals surface area contributed by atoms with Gasteiger partial charge in [-0.2, -0.15) is 0 Å². The molecule has 0 radical (unpaired) electrons. The molecule has 9 heteroatoms. The van der Waals surface area contributed by atoms with Gasteiger partial charge in [0.05, 0.1) is 21.6 Å². The molecule has 1 unspecified atom stereocenters. The van der Waals surface area contributed by atoms with Crippen LogP contribution >= 0.6 is 23.2 Å². The number of carbonyl (C=O) groups excluding carboxylic acids is 1. The maximum Gasteiger partial charge on any atom is 0.264 e. The van der Waals surface area contributed by atoms with E-state index in [1.54, 1.807) is 18.2 Å². The molecule has 0 aromatic heterocycles. The number of fused-ring (bicyclic) bond motifs is 1. The second-order valence-electron chi connectivity index (χ2n) is 9.27. The molecule has 3 aromatic rings. The Morgan fingerprint density at radius 3 is 2.41 bits per heavy atom. The molecule has 1 atom stereocenters. The summed E-state index contributed by atoms with van der Waals surface area (Å²) in [7, 11) is -4.13. The number of nitrogens with zero attached hydrogens (tertiary/aromatic N) is 1. The lowest BCUT2D eigenvalue weighted by Gasteiger charge is -2.41. The third kappa shape index (κ3) is 5.74. The molecule has 4 rings (SSSR count). The molecule has 1 aliphatic rings. The van der Waals surface area contributed by atoms with Gasteiger partial charge in [-0.25, -0.2) is 8.42 Å². The number of hydrogen-bond donors (Lipinski definition) is 1. The third-order valence-electron chi connectivity index (χ3n) is 6.89. The van der Waals surface area contributed by atoms with Crippen LogP contribution in [-0.2, 0) is 14.8 Å². The first kappa shape index (κ1) is 27.3. The van der Waals surface area contributed by atoms with E-state index in [-0.39, 0.29) is 21.6 Å². The number of sulfonamides is 1. The number of nitrogens with one attached hydrogen (secondary N) is 1. The Bertz CT molecular complexity index is 1390. The van der Waals surface area contributed by atoms with Crippen LogP contribution in [0.4, 0.5) is 5.69 Å². The second-order valence-corrected chi connectivity index (χ2v) is 12.0. The molecule has 0 saturated carbocycles. The number of aryl methyl sites for hydroxylation is 1. The van der Waals surface area contributed by atoms with Gasteiger partial charge in [0, 0.05) is 17.0 Å². The van der Waals surface area contributed by atoms with E-state index in [1.165, 1.54) is 24.3 Å². The van der Waals surface area contributed by atoms with Crippen LogP contribution in [0.2, 0.25) is 10.0 Å². The van der Waals surface area contributed by atoms with Crippen LogP contribution in [0.15, 0.2) is 71.6 Å². The van der Waals surface area contributed by atoms with Gasteiger partial charge in [-0.1, -0.05) is 72.9 Å². The standard InChI is InChI=1S/C28H30Cl2N2O4S/c1-4-28(5-2)17-24(22-8-6-7-9-26(22)36-28)31-27(33)18-32(25-16-20(29)12-15-23(25)30)37(34,35)21-13-10-19(3)11-14-21/h6-16,24H,4-5,17-18H2,1-3H3,(H,31,33). The van der Waals surface area contributed by atoms with Gasteiger partial charge >= 0.3 is 0 Å². The molecule has 0 fully saturated rings. The number of hydrogen-bond acceptors (Lipinski definition) is 4. The molecule has 0 bridgehead atoms. The number of amides is 1. The molecule has 0 saturated heterocycles. The number of halogens is 2. The highest BCUT2D eigenvalue weighted by molar-refractivity contribution is 7.92. The van der Waals surface area contributed by atoms with Crippen LogP contribution in [0.1, 0.15) is 50.3 Å². The largest absolute Gasteiger partial charge is 0.487 e. The summed E-state index contributed by atoms with van der Waals surface area (Å²) >= 11 is 12.6. The molecule has 3 aromatic carbocycles. The topological polar surface area (TPSA) is 75.7 Å². The van der Waals surface area contributed by atoms with Gasteiger partial charge in [0.1, 0.15) is 17.9 Å². The zero-order valence-corrected chi connectivity index (χ0v) is 23.3. The molecule has 37 heavy (non-hydrogen) atoms. The summed E-state index contributed by atoms with van der Waals surface area (Å²) in [5, 5.41) is 3.53. The van der Waals surface area contributed by atoms with Crippen LogP contribution in [0, 0.1) is 6.92 Å². The third-order valence-corrected chi connectivity index (χ3v) is 9.22. The Morgan fingerprint density at radius 2 is 1.73 bits per heavy atom.